The SMILES string of the molecule is C=CCOc1cccc(C2/C(=C(\O)c3ccncc3)C(=O)C(=O)N2CCCN(C)C)c1. The Morgan fingerprint density at radius 2 is 2.00 bits per heavy atom. The van der Waals surface area contributed by atoms with Crippen LogP contribution >= 0.6 is 0 Å². The molecular formula is C24H27N3O4. The van der Waals surface area contributed by atoms with Crippen LogP contribution in [0.15, 0.2) is 67.0 Å². The van der Waals surface area contributed by atoms with Crippen molar-refractivity contribution >= 4 is 17.4 Å². The van der Waals surface area contributed by atoms with E-state index in [0.717, 1.165) is 6.54 Å². The van der Waals surface area contributed by atoms with Gasteiger partial charge in [-0.05, 0) is 56.9 Å². The molecule has 162 valence electrons. The number of aliphatic hydroxyl groups excluding tert-OH is 1. The minimum absolute atomic E-state index is 0.0712. The maximum absolute atomic E-state index is 13.0. The standard InChI is InChI=1S/C24H27N3O4/c1-4-15-31-19-8-5-7-18(16-19)21-20(22(28)17-9-11-25-12-10-17)23(29)24(30)27(21)14-6-13-26(2)3/h4-5,7-12,16,21,28H,1,6,13-15H2,2-3H3/b22-20+. The van der Waals surface area contributed by atoms with Gasteiger partial charge in [0.15, 0.2) is 0 Å². The minimum atomic E-state index is -0.706. The average molecular weight is 421 g/mol. The zero-order chi connectivity index (χ0) is 22.4. The van der Waals surface area contributed by atoms with Crippen LogP contribution in [0.5, 0.6) is 5.75 Å². The predicted octanol–water partition coefficient (Wildman–Crippen LogP) is 3.02. The zero-order valence-corrected chi connectivity index (χ0v) is 17.8. The molecule has 1 amide bonds. The van der Waals surface area contributed by atoms with Crippen LogP contribution in [0.3, 0.4) is 0 Å². The lowest BCUT2D eigenvalue weighted by molar-refractivity contribution is -0.139. The summed E-state index contributed by atoms with van der Waals surface area (Å²) in [5, 5.41) is 11.0. The van der Waals surface area contributed by atoms with Gasteiger partial charge in [0.1, 0.15) is 18.1 Å². The summed E-state index contributed by atoms with van der Waals surface area (Å²) in [5.41, 5.74) is 1.20. The fraction of sp³-hybridized carbons (Fsp3) is 0.292. The molecule has 0 bridgehead atoms. The Hall–Kier alpha value is -3.45. The fourth-order valence-corrected chi connectivity index (χ4v) is 3.61. The number of ketones is 1. The molecule has 7 heteroatoms. The number of hydrogen-bond acceptors (Lipinski definition) is 6. The molecule has 7 nitrogen and oxygen atoms in total. The third-order valence-corrected chi connectivity index (χ3v) is 5.04. The van der Waals surface area contributed by atoms with Crippen LogP contribution in [0.2, 0.25) is 0 Å². The number of Topliss-reactive ketones (excluding diaryl/α,β-unsaturated/α-hetero) is 1. The number of aromatic nitrogens is 1. The molecule has 2 aromatic rings. The summed E-state index contributed by atoms with van der Waals surface area (Å²) in [6.07, 6.45) is 5.39. The van der Waals surface area contributed by atoms with Gasteiger partial charge in [0.05, 0.1) is 11.6 Å². The van der Waals surface area contributed by atoms with E-state index in [1.165, 1.54) is 17.3 Å². The molecule has 31 heavy (non-hydrogen) atoms. The molecule has 3 rings (SSSR count). The highest BCUT2D eigenvalue weighted by molar-refractivity contribution is 6.46. The summed E-state index contributed by atoms with van der Waals surface area (Å²) in [5.74, 6) is -0.920. The number of pyridine rings is 1. The third kappa shape index (κ3) is 5.00. The van der Waals surface area contributed by atoms with Gasteiger partial charge in [-0.15, -0.1) is 0 Å². The maximum atomic E-state index is 13.0. The van der Waals surface area contributed by atoms with Crippen molar-refractivity contribution in [2.75, 3.05) is 33.8 Å². The summed E-state index contributed by atoms with van der Waals surface area (Å²) in [7, 11) is 3.91. The summed E-state index contributed by atoms with van der Waals surface area (Å²) in [6.45, 7) is 5.14. The van der Waals surface area contributed by atoms with Crippen LogP contribution in [0.4, 0.5) is 0 Å². The number of hydrogen-bond donors (Lipinski definition) is 1. The van der Waals surface area contributed by atoms with Crippen molar-refractivity contribution < 1.29 is 19.4 Å². The zero-order valence-electron chi connectivity index (χ0n) is 17.8. The number of carbonyl (C=O) groups is 2. The highest BCUT2D eigenvalue weighted by atomic mass is 16.5. The summed E-state index contributed by atoms with van der Waals surface area (Å²) < 4.78 is 5.64. The van der Waals surface area contributed by atoms with Crippen molar-refractivity contribution in [3.63, 3.8) is 0 Å². The van der Waals surface area contributed by atoms with E-state index in [4.69, 9.17) is 4.74 Å². The van der Waals surface area contributed by atoms with Gasteiger partial charge in [0.25, 0.3) is 11.7 Å². The van der Waals surface area contributed by atoms with Gasteiger partial charge in [-0.3, -0.25) is 14.6 Å². The number of carbonyl (C=O) groups excluding carboxylic acids is 2. The first-order chi connectivity index (χ1) is 14.9. The first-order valence-corrected chi connectivity index (χ1v) is 10.1. The van der Waals surface area contributed by atoms with Gasteiger partial charge in [0, 0.05) is 24.5 Å². The summed E-state index contributed by atoms with van der Waals surface area (Å²) in [6, 6.07) is 9.73. The second-order valence-corrected chi connectivity index (χ2v) is 7.56. The minimum Gasteiger partial charge on any atom is -0.507 e. The monoisotopic (exact) mass is 421 g/mol. The Morgan fingerprint density at radius 1 is 1.26 bits per heavy atom. The van der Waals surface area contributed by atoms with Crippen LogP contribution in [-0.2, 0) is 9.59 Å². The lowest BCUT2D eigenvalue weighted by atomic mass is 9.95. The first-order valence-electron chi connectivity index (χ1n) is 10.1. The molecule has 1 aromatic heterocycles. The van der Waals surface area contributed by atoms with Crippen molar-refractivity contribution in [2.45, 2.75) is 12.5 Å². The number of likely N-dealkylation sites (tertiary alicyclic amines) is 1. The van der Waals surface area contributed by atoms with Crippen LogP contribution in [-0.4, -0.2) is 65.4 Å². The number of ether oxygens (including phenoxy) is 1. The third-order valence-electron chi connectivity index (χ3n) is 5.04. The van der Waals surface area contributed by atoms with Gasteiger partial charge < -0.3 is 19.6 Å². The van der Waals surface area contributed by atoms with Crippen LogP contribution in [0, 0.1) is 0 Å². The number of aliphatic hydroxyl groups is 1. The topological polar surface area (TPSA) is 83.0 Å². The van der Waals surface area contributed by atoms with E-state index < -0.39 is 17.7 Å². The Bertz CT molecular complexity index is 985. The molecule has 1 aliphatic heterocycles. The molecule has 2 heterocycles. The average Bonchev–Trinajstić information content (AvgIpc) is 3.03. The lowest BCUT2D eigenvalue weighted by Crippen LogP contribution is -2.32. The van der Waals surface area contributed by atoms with Crippen molar-refractivity contribution in [1.29, 1.82) is 0 Å². The Balaban J connectivity index is 2.07. The van der Waals surface area contributed by atoms with Gasteiger partial charge >= 0.3 is 0 Å². The van der Waals surface area contributed by atoms with Crippen LogP contribution in [0.25, 0.3) is 5.76 Å². The molecule has 1 unspecified atom stereocenters. The van der Waals surface area contributed by atoms with Gasteiger partial charge in [-0.1, -0.05) is 24.8 Å². The number of benzene rings is 1. The highest BCUT2D eigenvalue weighted by Crippen LogP contribution is 2.40. The molecule has 1 fully saturated rings. The molecule has 1 aromatic carbocycles. The van der Waals surface area contributed by atoms with E-state index in [9.17, 15) is 14.7 Å². The second-order valence-electron chi connectivity index (χ2n) is 7.56. The van der Waals surface area contributed by atoms with E-state index in [0.29, 0.717) is 36.4 Å². The molecule has 1 saturated heterocycles. The van der Waals surface area contributed by atoms with Gasteiger partial charge in [0.2, 0.25) is 0 Å². The molecular weight excluding hydrogens is 394 g/mol. The summed E-state index contributed by atoms with van der Waals surface area (Å²) in [4.78, 5) is 33.4. The molecule has 1 atom stereocenters. The van der Waals surface area contributed by atoms with Crippen molar-refractivity contribution in [2.24, 2.45) is 0 Å². The molecule has 0 spiro atoms. The molecule has 0 aliphatic carbocycles. The van der Waals surface area contributed by atoms with Crippen molar-refractivity contribution in [1.82, 2.24) is 14.8 Å². The first kappa shape index (κ1) is 22.2. The van der Waals surface area contributed by atoms with E-state index >= 15 is 0 Å². The predicted molar refractivity (Wildman–Crippen MR) is 119 cm³/mol. The highest BCUT2D eigenvalue weighted by Gasteiger charge is 2.45. The quantitative estimate of drug-likeness (QED) is 0.290. The number of nitrogens with zero attached hydrogens (tertiary/aromatic N) is 3. The number of amides is 1. The Kier molecular flexibility index (Phi) is 7.20. The maximum Gasteiger partial charge on any atom is 0.295 e. The van der Waals surface area contributed by atoms with E-state index in [1.54, 1.807) is 36.4 Å². The lowest BCUT2D eigenvalue weighted by Gasteiger charge is -2.26. The largest absolute Gasteiger partial charge is 0.507 e. The van der Waals surface area contributed by atoms with Crippen molar-refractivity contribution in [3.05, 3.63) is 78.1 Å². The normalized spacial score (nSPS) is 17.9. The molecule has 1 N–H and O–H groups in total. The number of rotatable bonds is 9. The van der Waals surface area contributed by atoms with Crippen LogP contribution in [0.1, 0.15) is 23.6 Å². The van der Waals surface area contributed by atoms with E-state index in [1.807, 2.05) is 25.1 Å². The van der Waals surface area contributed by atoms with Gasteiger partial charge in [-0.25, -0.2) is 0 Å². The molecule has 1 aliphatic rings. The van der Waals surface area contributed by atoms with Crippen LogP contribution < -0.4 is 4.74 Å². The van der Waals surface area contributed by atoms with E-state index in [2.05, 4.69) is 11.6 Å². The van der Waals surface area contributed by atoms with E-state index in [-0.39, 0.29) is 11.3 Å². The Morgan fingerprint density at radius 3 is 2.68 bits per heavy atom. The van der Waals surface area contributed by atoms with Gasteiger partial charge in [-0.2, -0.15) is 0 Å². The fourth-order valence-electron chi connectivity index (χ4n) is 3.61. The molecule has 0 saturated carbocycles. The summed E-state index contributed by atoms with van der Waals surface area (Å²) >= 11 is 0. The Labute approximate surface area is 182 Å². The van der Waals surface area contributed by atoms with Crippen molar-refractivity contribution in [3.8, 4) is 5.75 Å². The smallest absolute Gasteiger partial charge is 0.295 e. The molecule has 0 radical (unpaired) electrons. The second kappa shape index (κ2) is 10.0.